The molecule has 1 spiro atoms. The largest absolute Gasteiger partial charge is 0.454 e. The van der Waals surface area contributed by atoms with Gasteiger partial charge in [-0.15, -0.1) is 11.3 Å². The topological polar surface area (TPSA) is 73.4 Å². The molecule has 3 aliphatic heterocycles. The third kappa shape index (κ3) is 6.02. The van der Waals surface area contributed by atoms with Gasteiger partial charge in [-0.1, -0.05) is 51.1 Å². The second-order valence-corrected chi connectivity index (χ2v) is 12.7. The Hall–Kier alpha value is -2.98. The molecule has 0 radical (unpaired) electrons. The van der Waals surface area contributed by atoms with Crippen molar-refractivity contribution in [3.63, 3.8) is 0 Å². The molecule has 0 unspecified atom stereocenters. The number of nitrogens with zero attached hydrogens (tertiary/aromatic N) is 3. The molecular formula is C31H37N3O5S. The van der Waals surface area contributed by atoms with Gasteiger partial charge < -0.3 is 23.8 Å². The van der Waals surface area contributed by atoms with Crippen molar-refractivity contribution in [1.29, 1.82) is 0 Å². The number of carbonyl (C=O) groups excluding carboxylic acids is 1. The summed E-state index contributed by atoms with van der Waals surface area (Å²) in [7, 11) is 0. The van der Waals surface area contributed by atoms with Gasteiger partial charge in [0.2, 0.25) is 6.79 Å². The zero-order valence-electron chi connectivity index (χ0n) is 23.5. The number of likely N-dealkylation sites (tertiary alicyclic amines) is 1. The van der Waals surface area contributed by atoms with Crippen molar-refractivity contribution in [3.8, 4) is 11.5 Å². The van der Waals surface area contributed by atoms with Crippen molar-refractivity contribution in [1.82, 2.24) is 14.8 Å². The summed E-state index contributed by atoms with van der Waals surface area (Å²) in [6.45, 7) is 11.6. The zero-order valence-corrected chi connectivity index (χ0v) is 24.3. The van der Waals surface area contributed by atoms with Crippen LogP contribution in [0.15, 0.2) is 47.8 Å². The molecule has 6 rings (SSSR count). The van der Waals surface area contributed by atoms with Gasteiger partial charge in [-0.3, -0.25) is 9.69 Å². The Morgan fingerprint density at radius 1 is 0.950 bits per heavy atom. The van der Waals surface area contributed by atoms with E-state index in [-0.39, 0.29) is 18.1 Å². The van der Waals surface area contributed by atoms with E-state index in [2.05, 4.69) is 62.1 Å². The Morgan fingerprint density at radius 3 is 2.35 bits per heavy atom. The van der Waals surface area contributed by atoms with Crippen LogP contribution in [0, 0.1) is 0 Å². The first kappa shape index (κ1) is 27.2. The highest BCUT2D eigenvalue weighted by atomic mass is 32.1. The van der Waals surface area contributed by atoms with Gasteiger partial charge >= 0.3 is 0 Å². The number of carbonyl (C=O) groups is 1. The highest BCUT2D eigenvalue weighted by Crippen LogP contribution is 2.34. The summed E-state index contributed by atoms with van der Waals surface area (Å²) in [4.78, 5) is 22.3. The molecule has 3 aromatic rings. The summed E-state index contributed by atoms with van der Waals surface area (Å²) >= 11 is 1.54. The maximum Gasteiger partial charge on any atom is 0.273 e. The molecular weight excluding hydrogens is 526 g/mol. The lowest BCUT2D eigenvalue weighted by molar-refractivity contribution is -0.181. The van der Waals surface area contributed by atoms with Crippen LogP contribution in [-0.4, -0.2) is 59.6 Å². The van der Waals surface area contributed by atoms with E-state index in [0.717, 1.165) is 28.6 Å². The Kier molecular flexibility index (Phi) is 7.56. The number of ether oxygens (including phenoxy) is 4. The zero-order chi connectivity index (χ0) is 27.7. The van der Waals surface area contributed by atoms with E-state index in [1.165, 1.54) is 11.1 Å². The van der Waals surface area contributed by atoms with Crippen molar-refractivity contribution >= 4 is 17.2 Å². The summed E-state index contributed by atoms with van der Waals surface area (Å²) in [5.74, 6) is 1.05. The molecule has 2 saturated heterocycles. The van der Waals surface area contributed by atoms with E-state index in [0.29, 0.717) is 57.9 Å². The van der Waals surface area contributed by atoms with E-state index in [1.807, 2.05) is 16.3 Å². The molecule has 40 heavy (non-hydrogen) atoms. The Labute approximate surface area is 239 Å². The number of piperidine rings is 1. The average Bonchev–Trinajstić information content (AvgIpc) is 3.70. The van der Waals surface area contributed by atoms with Crippen LogP contribution in [0.25, 0.3) is 0 Å². The normalized spacial score (nSPS) is 18.1. The fourth-order valence-electron chi connectivity index (χ4n) is 5.50. The number of hydrogen-bond acceptors (Lipinski definition) is 8. The van der Waals surface area contributed by atoms with Crippen molar-refractivity contribution < 1.29 is 23.7 Å². The van der Waals surface area contributed by atoms with Gasteiger partial charge in [0.05, 0.1) is 19.8 Å². The summed E-state index contributed by atoms with van der Waals surface area (Å²) in [5.41, 5.74) is 4.32. The molecule has 1 aromatic heterocycles. The van der Waals surface area contributed by atoms with Crippen LogP contribution in [0.3, 0.4) is 0 Å². The minimum Gasteiger partial charge on any atom is -0.454 e. The van der Waals surface area contributed by atoms with E-state index < -0.39 is 5.79 Å². The molecule has 3 aliphatic rings. The van der Waals surface area contributed by atoms with Gasteiger partial charge in [0.25, 0.3) is 5.91 Å². The fourth-order valence-corrected chi connectivity index (χ4v) is 6.31. The third-order valence-corrected chi connectivity index (χ3v) is 8.66. The van der Waals surface area contributed by atoms with Gasteiger partial charge in [-0.2, -0.15) is 0 Å². The number of benzene rings is 2. The molecule has 2 fully saturated rings. The van der Waals surface area contributed by atoms with Crippen molar-refractivity contribution in [3.05, 3.63) is 75.2 Å². The van der Waals surface area contributed by atoms with Crippen LogP contribution in [0.2, 0.25) is 0 Å². The molecule has 1 amide bonds. The number of fused-ring (bicyclic) bond motifs is 1. The first-order valence-electron chi connectivity index (χ1n) is 14.0. The molecule has 9 heteroatoms. The van der Waals surface area contributed by atoms with Gasteiger partial charge in [-0.05, 0) is 34.2 Å². The molecule has 0 N–H and O–H groups in total. The van der Waals surface area contributed by atoms with Crippen molar-refractivity contribution in [2.45, 2.75) is 64.4 Å². The van der Waals surface area contributed by atoms with Crippen molar-refractivity contribution in [2.75, 3.05) is 33.1 Å². The summed E-state index contributed by atoms with van der Waals surface area (Å²) in [5, 5.41) is 2.81. The highest BCUT2D eigenvalue weighted by Gasteiger charge is 2.41. The number of rotatable bonds is 7. The minimum absolute atomic E-state index is 0.0181. The van der Waals surface area contributed by atoms with Crippen LogP contribution >= 0.6 is 11.3 Å². The third-order valence-electron chi connectivity index (χ3n) is 7.83. The van der Waals surface area contributed by atoms with Gasteiger partial charge in [-0.25, -0.2) is 4.98 Å². The fraction of sp³-hybridized carbons (Fsp3) is 0.484. The summed E-state index contributed by atoms with van der Waals surface area (Å²) < 4.78 is 22.7. The van der Waals surface area contributed by atoms with E-state index in [1.54, 1.807) is 11.3 Å². The van der Waals surface area contributed by atoms with Gasteiger partial charge in [0.1, 0.15) is 10.7 Å². The number of aromatic nitrogens is 1. The number of hydrogen-bond donors (Lipinski definition) is 0. The predicted molar refractivity (Wildman–Crippen MR) is 153 cm³/mol. The lowest BCUT2D eigenvalue weighted by Gasteiger charge is -2.37. The standard InChI is InChI=1S/C31H37N3O5S/c1-30(2,3)24-7-4-22(5-8-24)17-33(18-23-6-9-26-27(16-23)37-21-36-26)19-28-32-25(20-40-28)29(35)34-12-10-31(11-13-34)38-14-15-39-31/h4-9,16,20H,10-15,17-19,21H2,1-3H3. The van der Waals surface area contributed by atoms with Crippen molar-refractivity contribution in [2.24, 2.45) is 0 Å². The first-order chi connectivity index (χ1) is 19.3. The highest BCUT2D eigenvalue weighted by molar-refractivity contribution is 7.09. The van der Waals surface area contributed by atoms with Gasteiger partial charge in [0.15, 0.2) is 17.3 Å². The van der Waals surface area contributed by atoms with E-state index in [9.17, 15) is 4.79 Å². The maximum absolute atomic E-state index is 13.3. The summed E-state index contributed by atoms with van der Waals surface area (Å²) in [6, 6.07) is 15.0. The Bertz CT molecular complexity index is 1330. The van der Waals surface area contributed by atoms with E-state index in [4.69, 9.17) is 23.9 Å². The lowest BCUT2D eigenvalue weighted by atomic mass is 9.87. The average molecular weight is 564 g/mol. The molecule has 0 atom stereocenters. The van der Waals surface area contributed by atoms with Crippen LogP contribution in [-0.2, 0) is 34.5 Å². The minimum atomic E-state index is -0.496. The monoisotopic (exact) mass is 563 g/mol. The lowest BCUT2D eigenvalue weighted by Crippen LogP contribution is -2.47. The first-order valence-corrected chi connectivity index (χ1v) is 14.9. The maximum atomic E-state index is 13.3. The smallest absolute Gasteiger partial charge is 0.273 e. The summed E-state index contributed by atoms with van der Waals surface area (Å²) in [6.07, 6.45) is 1.40. The predicted octanol–water partition coefficient (Wildman–Crippen LogP) is 5.35. The molecule has 8 nitrogen and oxygen atoms in total. The van der Waals surface area contributed by atoms with Gasteiger partial charge in [0, 0.05) is 44.4 Å². The number of thiazole rings is 1. The van der Waals surface area contributed by atoms with Crippen LogP contribution in [0.5, 0.6) is 11.5 Å². The second-order valence-electron chi connectivity index (χ2n) is 11.8. The Morgan fingerprint density at radius 2 is 1.62 bits per heavy atom. The Balaban J connectivity index is 1.15. The van der Waals surface area contributed by atoms with Crippen LogP contribution in [0.4, 0.5) is 0 Å². The molecule has 0 saturated carbocycles. The van der Waals surface area contributed by atoms with Crippen LogP contribution < -0.4 is 9.47 Å². The molecule has 0 aliphatic carbocycles. The quantitative estimate of drug-likeness (QED) is 0.384. The molecule has 0 bridgehead atoms. The molecule has 2 aromatic carbocycles. The molecule has 4 heterocycles. The SMILES string of the molecule is CC(C)(C)c1ccc(CN(Cc2ccc3c(c2)OCO3)Cc2nc(C(=O)N3CCC4(CC3)OCCO4)cs2)cc1. The number of amides is 1. The van der Waals surface area contributed by atoms with E-state index >= 15 is 0 Å². The second kappa shape index (κ2) is 11.1. The molecule has 212 valence electrons. The van der Waals surface area contributed by atoms with Crippen LogP contribution in [0.1, 0.15) is 65.8 Å².